The summed E-state index contributed by atoms with van der Waals surface area (Å²) in [4.78, 5) is 0. The van der Waals surface area contributed by atoms with Crippen LogP contribution < -0.4 is 0 Å². The molecule has 0 heterocycles. The van der Waals surface area contributed by atoms with E-state index < -0.39 is 12.3 Å². The molecular formula is C9H16F2. The quantitative estimate of drug-likeness (QED) is 0.555. The smallest absolute Gasteiger partial charge is 0.134 e. The van der Waals surface area contributed by atoms with Gasteiger partial charge >= 0.3 is 0 Å². The monoisotopic (exact) mass is 162 g/mol. The van der Waals surface area contributed by atoms with Crippen molar-refractivity contribution in [2.75, 3.05) is 0 Å². The van der Waals surface area contributed by atoms with Crippen LogP contribution in [0.4, 0.5) is 8.78 Å². The van der Waals surface area contributed by atoms with Gasteiger partial charge in [-0.05, 0) is 24.7 Å². The van der Waals surface area contributed by atoms with Crippen molar-refractivity contribution in [3.8, 4) is 0 Å². The molecule has 0 radical (unpaired) electrons. The van der Waals surface area contributed by atoms with Gasteiger partial charge < -0.3 is 0 Å². The first-order valence-electron chi connectivity index (χ1n) is 4.41. The zero-order valence-corrected chi connectivity index (χ0v) is 7.19. The molecule has 11 heavy (non-hydrogen) atoms. The van der Waals surface area contributed by atoms with Crippen molar-refractivity contribution < 1.29 is 8.78 Å². The molecule has 3 unspecified atom stereocenters. The lowest BCUT2D eigenvalue weighted by Crippen LogP contribution is -2.34. The van der Waals surface area contributed by atoms with Crippen LogP contribution in [0, 0.1) is 11.8 Å². The van der Waals surface area contributed by atoms with Crippen molar-refractivity contribution in [3.05, 3.63) is 0 Å². The minimum Gasteiger partial charge on any atom is -0.244 e. The molecule has 0 saturated heterocycles. The summed E-state index contributed by atoms with van der Waals surface area (Å²) >= 11 is 0. The van der Waals surface area contributed by atoms with Crippen molar-refractivity contribution in [2.24, 2.45) is 11.8 Å². The van der Waals surface area contributed by atoms with Gasteiger partial charge in [-0.15, -0.1) is 0 Å². The third-order valence-corrected chi connectivity index (χ3v) is 2.63. The minimum absolute atomic E-state index is 0.0428. The molecule has 1 fully saturated rings. The van der Waals surface area contributed by atoms with Gasteiger partial charge in [0.2, 0.25) is 0 Å². The first-order chi connectivity index (χ1) is 5.13. The predicted octanol–water partition coefficient (Wildman–Crippen LogP) is 3.12. The fourth-order valence-corrected chi connectivity index (χ4v) is 1.84. The summed E-state index contributed by atoms with van der Waals surface area (Å²) in [6.07, 6.45) is -0.270. The normalized spacial score (nSPS) is 39.5. The van der Waals surface area contributed by atoms with E-state index in [1.807, 2.05) is 13.8 Å². The summed E-state index contributed by atoms with van der Waals surface area (Å²) in [7, 11) is 0. The Balaban J connectivity index is 2.51. The average molecular weight is 162 g/mol. The zero-order valence-electron chi connectivity index (χ0n) is 7.19. The van der Waals surface area contributed by atoms with Crippen LogP contribution in [-0.2, 0) is 0 Å². The second-order valence-electron chi connectivity index (χ2n) is 3.80. The Hall–Kier alpha value is -0.140. The SMILES string of the molecule is CC(C)C1CCCC(F)C1F. The van der Waals surface area contributed by atoms with Crippen molar-refractivity contribution in [1.29, 1.82) is 0 Å². The maximum Gasteiger partial charge on any atom is 0.134 e. The van der Waals surface area contributed by atoms with Gasteiger partial charge in [-0.3, -0.25) is 0 Å². The molecule has 1 aliphatic carbocycles. The van der Waals surface area contributed by atoms with Gasteiger partial charge in [-0.2, -0.15) is 0 Å². The number of rotatable bonds is 1. The Morgan fingerprint density at radius 1 is 1.18 bits per heavy atom. The van der Waals surface area contributed by atoms with E-state index in [2.05, 4.69) is 0 Å². The van der Waals surface area contributed by atoms with E-state index in [1.165, 1.54) is 0 Å². The Kier molecular flexibility index (Phi) is 2.85. The summed E-state index contributed by atoms with van der Waals surface area (Å²) in [5.41, 5.74) is 0. The van der Waals surface area contributed by atoms with Crippen LogP contribution in [0.1, 0.15) is 33.1 Å². The molecule has 0 nitrogen and oxygen atoms in total. The molecule has 0 amide bonds. The number of hydrogen-bond donors (Lipinski definition) is 0. The van der Waals surface area contributed by atoms with E-state index in [4.69, 9.17) is 0 Å². The largest absolute Gasteiger partial charge is 0.244 e. The van der Waals surface area contributed by atoms with Gasteiger partial charge in [-0.25, -0.2) is 8.78 Å². The topological polar surface area (TPSA) is 0 Å². The van der Waals surface area contributed by atoms with Gasteiger partial charge in [0.05, 0.1) is 0 Å². The van der Waals surface area contributed by atoms with E-state index in [-0.39, 0.29) is 11.8 Å². The molecule has 0 aromatic heterocycles. The molecule has 1 aliphatic rings. The lowest BCUT2D eigenvalue weighted by molar-refractivity contribution is 0.0446. The molecule has 2 heteroatoms. The average Bonchev–Trinajstić information content (AvgIpc) is 1.94. The summed E-state index contributed by atoms with van der Waals surface area (Å²) in [6, 6.07) is 0. The molecule has 0 bridgehead atoms. The summed E-state index contributed by atoms with van der Waals surface area (Å²) in [6.45, 7) is 3.94. The lowest BCUT2D eigenvalue weighted by atomic mass is 9.79. The van der Waals surface area contributed by atoms with Crippen molar-refractivity contribution in [3.63, 3.8) is 0 Å². The molecule has 0 aliphatic heterocycles. The maximum atomic E-state index is 13.1. The molecule has 0 aromatic rings. The highest BCUT2D eigenvalue weighted by Crippen LogP contribution is 2.33. The fourth-order valence-electron chi connectivity index (χ4n) is 1.84. The predicted molar refractivity (Wildman–Crippen MR) is 42.0 cm³/mol. The van der Waals surface area contributed by atoms with Crippen LogP contribution in [-0.4, -0.2) is 12.3 Å². The molecule has 0 aromatic carbocycles. The van der Waals surface area contributed by atoms with Crippen molar-refractivity contribution in [1.82, 2.24) is 0 Å². The molecule has 1 rings (SSSR count). The van der Waals surface area contributed by atoms with Gasteiger partial charge in [0, 0.05) is 0 Å². The summed E-state index contributed by atoms with van der Waals surface area (Å²) < 4.78 is 25.9. The third-order valence-electron chi connectivity index (χ3n) is 2.63. The molecule has 0 spiro atoms. The van der Waals surface area contributed by atoms with Crippen LogP contribution in [0.5, 0.6) is 0 Å². The first-order valence-corrected chi connectivity index (χ1v) is 4.41. The highest BCUT2D eigenvalue weighted by atomic mass is 19.2. The van der Waals surface area contributed by atoms with Crippen LogP contribution >= 0.6 is 0 Å². The van der Waals surface area contributed by atoms with E-state index in [0.29, 0.717) is 6.42 Å². The van der Waals surface area contributed by atoms with Crippen LogP contribution in [0.15, 0.2) is 0 Å². The van der Waals surface area contributed by atoms with E-state index in [0.717, 1.165) is 12.8 Å². The summed E-state index contributed by atoms with van der Waals surface area (Å²) in [5.74, 6) is 0.238. The highest BCUT2D eigenvalue weighted by Gasteiger charge is 2.34. The Morgan fingerprint density at radius 3 is 2.27 bits per heavy atom. The number of halogens is 2. The van der Waals surface area contributed by atoms with Crippen LogP contribution in [0.3, 0.4) is 0 Å². The van der Waals surface area contributed by atoms with E-state index in [1.54, 1.807) is 0 Å². The first kappa shape index (κ1) is 8.95. The van der Waals surface area contributed by atoms with Crippen molar-refractivity contribution >= 4 is 0 Å². The van der Waals surface area contributed by atoms with E-state index in [9.17, 15) is 8.78 Å². The Morgan fingerprint density at radius 2 is 1.82 bits per heavy atom. The van der Waals surface area contributed by atoms with Gasteiger partial charge in [0.1, 0.15) is 12.3 Å². The lowest BCUT2D eigenvalue weighted by Gasteiger charge is -2.31. The van der Waals surface area contributed by atoms with Gasteiger partial charge in [0.15, 0.2) is 0 Å². The summed E-state index contributed by atoms with van der Waals surface area (Å²) in [5, 5.41) is 0. The molecule has 3 atom stereocenters. The fraction of sp³-hybridized carbons (Fsp3) is 1.00. The zero-order chi connectivity index (χ0) is 8.43. The molecule has 0 N–H and O–H groups in total. The van der Waals surface area contributed by atoms with Crippen LogP contribution in [0.25, 0.3) is 0 Å². The second kappa shape index (κ2) is 3.51. The third kappa shape index (κ3) is 1.91. The molecule has 1 saturated carbocycles. The van der Waals surface area contributed by atoms with Crippen molar-refractivity contribution in [2.45, 2.75) is 45.5 Å². The molecular weight excluding hydrogens is 146 g/mol. The number of alkyl halides is 2. The van der Waals surface area contributed by atoms with E-state index >= 15 is 0 Å². The standard InChI is InChI=1S/C9H16F2/c1-6(2)7-4-3-5-8(10)9(7)11/h6-9H,3-5H2,1-2H3. The maximum absolute atomic E-state index is 13.1. The Bertz CT molecular complexity index is 123. The van der Waals surface area contributed by atoms with Gasteiger partial charge in [0.25, 0.3) is 0 Å². The molecule has 66 valence electrons. The number of hydrogen-bond acceptors (Lipinski definition) is 0. The van der Waals surface area contributed by atoms with Gasteiger partial charge in [-0.1, -0.05) is 20.3 Å². The second-order valence-corrected chi connectivity index (χ2v) is 3.80. The minimum atomic E-state index is -1.20. The Labute approximate surface area is 67.0 Å². The van der Waals surface area contributed by atoms with Crippen LogP contribution in [0.2, 0.25) is 0 Å². The highest BCUT2D eigenvalue weighted by molar-refractivity contribution is 4.83.